The molecule has 0 saturated heterocycles. The van der Waals surface area contributed by atoms with Crippen LogP contribution in [0.4, 0.5) is 0 Å². The van der Waals surface area contributed by atoms with Gasteiger partial charge in [0.2, 0.25) is 0 Å². The molecule has 0 atom stereocenters. The highest BCUT2D eigenvalue weighted by molar-refractivity contribution is 9.10. The van der Waals surface area contributed by atoms with Crippen LogP contribution in [-0.4, -0.2) is 24.0 Å². The maximum Gasteiger partial charge on any atom is 0.349 e. The molecule has 0 aliphatic rings. The van der Waals surface area contributed by atoms with Gasteiger partial charge < -0.3 is 9.94 Å². The predicted octanol–water partition coefficient (Wildman–Crippen LogP) is 4.11. The van der Waals surface area contributed by atoms with Crippen LogP contribution < -0.4 is 0 Å². The van der Waals surface area contributed by atoms with E-state index in [1.807, 2.05) is 25.1 Å². The number of hydrogen-bond acceptors (Lipinski definition) is 5. The van der Waals surface area contributed by atoms with E-state index in [-0.39, 0.29) is 5.97 Å². The van der Waals surface area contributed by atoms with Gasteiger partial charge in [-0.1, -0.05) is 17.3 Å². The number of thiophene rings is 1. The maximum atomic E-state index is 11.7. The van der Waals surface area contributed by atoms with Crippen LogP contribution >= 0.6 is 27.3 Å². The van der Waals surface area contributed by atoms with E-state index in [0.29, 0.717) is 16.0 Å². The predicted molar refractivity (Wildman–Crippen MR) is 81.0 cm³/mol. The maximum absolute atomic E-state index is 11.7. The summed E-state index contributed by atoms with van der Waals surface area (Å²) in [4.78, 5) is 13.1. The van der Waals surface area contributed by atoms with Crippen molar-refractivity contribution in [1.29, 1.82) is 0 Å². The highest BCUT2D eigenvalue weighted by Crippen LogP contribution is 2.33. The molecule has 0 spiro atoms. The van der Waals surface area contributed by atoms with E-state index in [1.54, 1.807) is 13.0 Å². The van der Waals surface area contributed by atoms with E-state index in [2.05, 4.69) is 21.1 Å². The van der Waals surface area contributed by atoms with Crippen molar-refractivity contribution < 1.29 is 14.7 Å². The van der Waals surface area contributed by atoms with Crippen LogP contribution in [0, 0.1) is 0 Å². The number of halogens is 1. The van der Waals surface area contributed by atoms with E-state index in [0.717, 1.165) is 10.5 Å². The summed E-state index contributed by atoms with van der Waals surface area (Å²) in [5, 5.41) is 11.4. The van der Waals surface area contributed by atoms with Crippen LogP contribution in [-0.2, 0) is 4.74 Å². The Balaban J connectivity index is 3.13. The average molecular weight is 344 g/mol. The quantitative estimate of drug-likeness (QED) is 0.288. The molecule has 0 aromatic carbocycles. The summed E-state index contributed by atoms with van der Waals surface area (Å²) in [5.74, 6) is -0.346. The summed E-state index contributed by atoms with van der Waals surface area (Å²) >= 11 is 4.67. The molecule has 0 aliphatic carbocycles. The second-order valence-electron chi connectivity index (χ2n) is 3.39. The average Bonchev–Trinajstić information content (AvgIpc) is 2.77. The standard InChI is InChI=1S/C13H14BrNO3S/c1-3-5-9(6-7-15-17)11-8-10(14)12(19-11)13(16)18-4-2/h3,5-8,17H,4H2,1-2H3/b5-3-,9-6+,15-7+. The van der Waals surface area contributed by atoms with E-state index in [1.165, 1.54) is 17.6 Å². The van der Waals surface area contributed by atoms with Crippen molar-refractivity contribution in [1.82, 2.24) is 0 Å². The van der Waals surface area contributed by atoms with Gasteiger partial charge in [0, 0.05) is 9.35 Å². The Bertz CT molecular complexity index is 532. The molecule has 0 fully saturated rings. The Labute approximate surface area is 124 Å². The molecule has 4 nitrogen and oxygen atoms in total. The van der Waals surface area contributed by atoms with E-state index in [9.17, 15) is 4.79 Å². The monoisotopic (exact) mass is 343 g/mol. The highest BCUT2D eigenvalue weighted by atomic mass is 79.9. The number of carbonyl (C=O) groups is 1. The largest absolute Gasteiger partial charge is 0.462 e. The van der Waals surface area contributed by atoms with Gasteiger partial charge in [-0.05, 0) is 47.5 Å². The highest BCUT2D eigenvalue weighted by Gasteiger charge is 2.16. The smallest absolute Gasteiger partial charge is 0.349 e. The van der Waals surface area contributed by atoms with Crippen LogP contribution in [0.5, 0.6) is 0 Å². The SMILES string of the molecule is C\C=C/C(=C\C=N\O)c1cc(Br)c(C(=O)OCC)s1. The molecule has 0 bridgehead atoms. The number of esters is 1. The number of allylic oxidation sites excluding steroid dienone is 4. The van der Waals surface area contributed by atoms with Crippen LogP contribution in [0.25, 0.3) is 5.57 Å². The Hall–Kier alpha value is -1.40. The van der Waals surface area contributed by atoms with Crippen molar-refractivity contribution in [3.8, 4) is 0 Å². The fraction of sp³-hybridized carbons (Fsp3) is 0.231. The van der Waals surface area contributed by atoms with Crippen molar-refractivity contribution in [2.24, 2.45) is 5.16 Å². The van der Waals surface area contributed by atoms with Gasteiger partial charge >= 0.3 is 5.97 Å². The topological polar surface area (TPSA) is 58.9 Å². The molecule has 1 heterocycles. The zero-order valence-corrected chi connectivity index (χ0v) is 13.0. The Morgan fingerprint density at radius 2 is 2.37 bits per heavy atom. The number of hydrogen-bond donors (Lipinski definition) is 1. The van der Waals surface area contributed by atoms with Gasteiger partial charge in [0.15, 0.2) is 0 Å². The molecule has 1 rings (SSSR count). The molecule has 1 aromatic heterocycles. The third-order valence-electron chi connectivity index (χ3n) is 2.10. The van der Waals surface area contributed by atoms with Crippen LogP contribution in [0.15, 0.2) is 33.9 Å². The molecular weight excluding hydrogens is 330 g/mol. The van der Waals surface area contributed by atoms with Crippen molar-refractivity contribution in [2.45, 2.75) is 13.8 Å². The van der Waals surface area contributed by atoms with E-state index >= 15 is 0 Å². The number of nitrogens with zero attached hydrogens (tertiary/aromatic N) is 1. The molecule has 19 heavy (non-hydrogen) atoms. The molecule has 0 unspecified atom stereocenters. The van der Waals surface area contributed by atoms with Crippen LogP contribution in [0.1, 0.15) is 28.4 Å². The normalized spacial score (nSPS) is 12.5. The zero-order valence-electron chi connectivity index (χ0n) is 10.6. The number of carbonyl (C=O) groups excluding carboxylic acids is 1. The fourth-order valence-corrected chi connectivity index (χ4v) is 3.09. The van der Waals surface area contributed by atoms with Crippen molar-refractivity contribution in [3.63, 3.8) is 0 Å². The van der Waals surface area contributed by atoms with Crippen LogP contribution in [0.3, 0.4) is 0 Å². The molecule has 102 valence electrons. The van der Waals surface area contributed by atoms with E-state index < -0.39 is 0 Å². The first kappa shape index (κ1) is 15.7. The van der Waals surface area contributed by atoms with Crippen molar-refractivity contribution in [2.75, 3.05) is 6.61 Å². The molecule has 6 heteroatoms. The summed E-state index contributed by atoms with van der Waals surface area (Å²) < 4.78 is 5.68. The van der Waals surface area contributed by atoms with Crippen molar-refractivity contribution >= 4 is 45.0 Å². The summed E-state index contributed by atoms with van der Waals surface area (Å²) in [6.07, 6.45) is 6.68. The van der Waals surface area contributed by atoms with Gasteiger partial charge in [-0.25, -0.2) is 4.79 Å². The first-order valence-corrected chi connectivity index (χ1v) is 7.22. The molecule has 0 saturated carbocycles. The minimum atomic E-state index is -0.346. The number of oxime groups is 1. The minimum Gasteiger partial charge on any atom is -0.462 e. The lowest BCUT2D eigenvalue weighted by Crippen LogP contribution is -2.02. The number of ether oxygens (including phenoxy) is 1. The Morgan fingerprint density at radius 1 is 1.63 bits per heavy atom. The van der Waals surface area contributed by atoms with Gasteiger partial charge in [-0.2, -0.15) is 0 Å². The third-order valence-corrected chi connectivity index (χ3v) is 4.15. The van der Waals surface area contributed by atoms with Gasteiger partial charge in [0.1, 0.15) is 4.88 Å². The lowest BCUT2D eigenvalue weighted by Gasteiger charge is -1.98. The third kappa shape index (κ3) is 4.33. The summed E-state index contributed by atoms with van der Waals surface area (Å²) in [6, 6.07) is 1.84. The summed E-state index contributed by atoms with van der Waals surface area (Å²) in [6.45, 7) is 4.00. The molecule has 0 amide bonds. The molecule has 1 N–H and O–H groups in total. The first-order chi connectivity index (χ1) is 9.13. The Kier molecular flexibility index (Phi) is 6.52. The minimum absolute atomic E-state index is 0.341. The van der Waals surface area contributed by atoms with Gasteiger partial charge in [0.25, 0.3) is 0 Å². The lowest BCUT2D eigenvalue weighted by atomic mass is 10.2. The fourth-order valence-electron chi connectivity index (χ4n) is 1.36. The van der Waals surface area contributed by atoms with Crippen LogP contribution in [0.2, 0.25) is 0 Å². The van der Waals surface area contributed by atoms with Crippen molar-refractivity contribution in [3.05, 3.63) is 38.5 Å². The summed E-state index contributed by atoms with van der Waals surface area (Å²) in [7, 11) is 0. The number of rotatable bonds is 5. The molecule has 0 aliphatic heterocycles. The van der Waals surface area contributed by atoms with E-state index in [4.69, 9.17) is 9.94 Å². The van der Waals surface area contributed by atoms with Gasteiger partial charge in [-0.15, -0.1) is 11.3 Å². The van der Waals surface area contributed by atoms with Gasteiger partial charge in [0.05, 0.1) is 12.8 Å². The molecule has 1 aromatic rings. The summed E-state index contributed by atoms with van der Waals surface area (Å²) in [5.41, 5.74) is 0.849. The van der Waals surface area contributed by atoms with Gasteiger partial charge in [-0.3, -0.25) is 0 Å². The second-order valence-corrected chi connectivity index (χ2v) is 5.30. The zero-order chi connectivity index (χ0) is 14.3. The lowest BCUT2D eigenvalue weighted by molar-refractivity contribution is 0.0531. The second kappa shape index (κ2) is 7.91. The Morgan fingerprint density at radius 3 is 2.95 bits per heavy atom. The molecular formula is C13H14BrNO3S. The first-order valence-electron chi connectivity index (χ1n) is 5.61. The molecule has 0 radical (unpaired) electrons.